The third-order valence-corrected chi connectivity index (χ3v) is 5.08. The van der Waals surface area contributed by atoms with Crippen molar-refractivity contribution in [1.29, 1.82) is 0 Å². The quantitative estimate of drug-likeness (QED) is 0.453. The van der Waals surface area contributed by atoms with Crippen molar-refractivity contribution in [1.82, 2.24) is 0 Å². The fourth-order valence-corrected chi connectivity index (χ4v) is 3.75. The molecule has 0 aliphatic rings. The highest BCUT2D eigenvalue weighted by molar-refractivity contribution is 7.54. The summed E-state index contributed by atoms with van der Waals surface area (Å²) in [6.07, 6.45) is 3.02. The lowest BCUT2D eigenvalue weighted by atomic mass is 10.1. The molecule has 5 heteroatoms. The molecule has 118 valence electrons. The minimum atomic E-state index is -3.23. The molecule has 0 amide bonds. The molecule has 0 bridgehead atoms. The number of ketones is 1. The van der Waals surface area contributed by atoms with E-state index in [0.717, 1.165) is 19.3 Å². The highest BCUT2D eigenvalue weighted by atomic mass is 31.2. The van der Waals surface area contributed by atoms with Crippen molar-refractivity contribution in [3.05, 3.63) is 35.9 Å². The number of unbranched alkanes of at least 4 members (excludes halogenated alkanes) is 1. The van der Waals surface area contributed by atoms with Gasteiger partial charge in [-0.1, -0.05) is 30.3 Å². The van der Waals surface area contributed by atoms with Gasteiger partial charge in [-0.15, -0.1) is 0 Å². The van der Waals surface area contributed by atoms with Gasteiger partial charge in [-0.2, -0.15) is 0 Å². The maximum Gasteiger partial charge on any atom is 0.338 e. The second kappa shape index (κ2) is 9.88. The van der Waals surface area contributed by atoms with Crippen LogP contribution in [-0.4, -0.2) is 25.2 Å². The van der Waals surface area contributed by atoms with E-state index in [2.05, 4.69) is 12.1 Å². The van der Waals surface area contributed by atoms with Crippen LogP contribution in [0, 0.1) is 0 Å². The Morgan fingerprint density at radius 2 is 1.67 bits per heavy atom. The van der Waals surface area contributed by atoms with Gasteiger partial charge in [0.25, 0.3) is 0 Å². The smallest absolute Gasteiger partial charge is 0.309 e. The largest absolute Gasteiger partial charge is 0.338 e. The number of aryl methyl sites for hydroxylation is 1. The van der Waals surface area contributed by atoms with E-state index < -0.39 is 7.60 Å². The van der Waals surface area contributed by atoms with Gasteiger partial charge in [-0.3, -0.25) is 9.36 Å². The van der Waals surface area contributed by atoms with Gasteiger partial charge in [0.05, 0.1) is 13.2 Å². The normalized spacial score (nSPS) is 11.5. The Hall–Kier alpha value is -0.960. The standard InChI is InChI=1S/C16H25O4P/c1-3-19-21(18,20-4-2)14-16(17)13-9-8-12-15-10-6-5-7-11-15/h5-7,10-11H,3-4,8-9,12-14H2,1-2H3. The Kier molecular flexibility index (Phi) is 8.51. The molecule has 0 spiro atoms. The fraction of sp³-hybridized carbons (Fsp3) is 0.562. The van der Waals surface area contributed by atoms with E-state index >= 15 is 0 Å². The monoisotopic (exact) mass is 312 g/mol. The van der Waals surface area contributed by atoms with Gasteiger partial charge < -0.3 is 9.05 Å². The Labute approximate surface area is 127 Å². The first-order valence-corrected chi connectivity index (χ1v) is 9.26. The molecule has 1 aromatic rings. The SMILES string of the molecule is CCOP(=O)(CC(=O)CCCCc1ccccc1)OCC. The highest BCUT2D eigenvalue weighted by Crippen LogP contribution is 2.48. The average Bonchev–Trinajstić information content (AvgIpc) is 2.45. The van der Waals surface area contributed by atoms with E-state index in [4.69, 9.17) is 9.05 Å². The lowest BCUT2D eigenvalue weighted by molar-refractivity contribution is -0.117. The number of carbonyl (C=O) groups is 1. The molecule has 0 fully saturated rings. The maximum atomic E-state index is 12.2. The summed E-state index contributed by atoms with van der Waals surface area (Å²) >= 11 is 0. The van der Waals surface area contributed by atoms with Crippen molar-refractivity contribution in [3.63, 3.8) is 0 Å². The summed E-state index contributed by atoms with van der Waals surface area (Å²) in [4.78, 5) is 11.9. The molecule has 0 N–H and O–H groups in total. The van der Waals surface area contributed by atoms with Crippen LogP contribution in [0.4, 0.5) is 0 Å². The lowest BCUT2D eigenvalue weighted by Crippen LogP contribution is -2.09. The molecule has 4 nitrogen and oxygen atoms in total. The number of rotatable bonds is 11. The summed E-state index contributed by atoms with van der Waals surface area (Å²) in [6, 6.07) is 10.2. The summed E-state index contributed by atoms with van der Waals surface area (Å²) in [5.41, 5.74) is 1.28. The van der Waals surface area contributed by atoms with E-state index in [1.54, 1.807) is 13.8 Å². The van der Waals surface area contributed by atoms with Crippen molar-refractivity contribution >= 4 is 13.4 Å². The molecular formula is C16H25O4P. The second-order valence-electron chi connectivity index (χ2n) is 4.84. The van der Waals surface area contributed by atoms with Crippen LogP contribution >= 0.6 is 7.60 Å². The van der Waals surface area contributed by atoms with Gasteiger partial charge in [0.15, 0.2) is 0 Å². The van der Waals surface area contributed by atoms with Crippen LogP contribution in [-0.2, 0) is 24.8 Å². The van der Waals surface area contributed by atoms with Gasteiger partial charge in [0.1, 0.15) is 11.9 Å². The van der Waals surface area contributed by atoms with Crippen LogP contribution in [0.1, 0.15) is 38.7 Å². The first kappa shape index (κ1) is 18.1. The van der Waals surface area contributed by atoms with Crippen molar-refractivity contribution in [2.24, 2.45) is 0 Å². The van der Waals surface area contributed by atoms with E-state index in [1.807, 2.05) is 18.2 Å². The third kappa shape index (κ3) is 7.56. The van der Waals surface area contributed by atoms with Crippen LogP contribution in [0.25, 0.3) is 0 Å². The predicted molar refractivity (Wildman–Crippen MR) is 84.7 cm³/mol. The van der Waals surface area contributed by atoms with E-state index in [9.17, 15) is 9.36 Å². The molecule has 0 heterocycles. The number of hydrogen-bond donors (Lipinski definition) is 0. The van der Waals surface area contributed by atoms with E-state index in [0.29, 0.717) is 19.6 Å². The van der Waals surface area contributed by atoms with Crippen molar-refractivity contribution in [2.45, 2.75) is 39.5 Å². The molecule has 0 aliphatic heterocycles. The topological polar surface area (TPSA) is 52.6 Å². The molecule has 1 aromatic carbocycles. The summed E-state index contributed by atoms with van der Waals surface area (Å²) < 4.78 is 22.5. The van der Waals surface area contributed by atoms with Gasteiger partial charge in [-0.05, 0) is 38.7 Å². The van der Waals surface area contributed by atoms with E-state index in [-0.39, 0.29) is 11.9 Å². The number of Topliss-reactive ketones (excluding diaryl/α,β-unsaturated/α-hetero) is 1. The fourth-order valence-electron chi connectivity index (χ4n) is 2.11. The molecular weight excluding hydrogens is 287 g/mol. The number of benzene rings is 1. The summed E-state index contributed by atoms with van der Waals surface area (Å²) in [5.74, 6) is -0.0479. The third-order valence-electron chi connectivity index (χ3n) is 3.04. The van der Waals surface area contributed by atoms with Crippen LogP contribution in [0.5, 0.6) is 0 Å². The number of carbonyl (C=O) groups excluding carboxylic acids is 1. The predicted octanol–water partition coefficient (Wildman–Crippen LogP) is 4.23. The molecule has 1 rings (SSSR count). The molecule has 0 aromatic heterocycles. The summed E-state index contributed by atoms with van der Waals surface area (Å²) in [5, 5.41) is 0. The van der Waals surface area contributed by atoms with Crippen LogP contribution < -0.4 is 0 Å². The molecule has 0 aliphatic carbocycles. The highest BCUT2D eigenvalue weighted by Gasteiger charge is 2.26. The van der Waals surface area contributed by atoms with Gasteiger partial charge in [0.2, 0.25) is 0 Å². The Morgan fingerprint density at radius 1 is 1.05 bits per heavy atom. The van der Waals surface area contributed by atoms with Gasteiger partial charge in [-0.25, -0.2) is 0 Å². The minimum absolute atomic E-state index is 0.0479. The van der Waals surface area contributed by atoms with Crippen molar-refractivity contribution in [3.8, 4) is 0 Å². The van der Waals surface area contributed by atoms with Crippen molar-refractivity contribution in [2.75, 3.05) is 19.4 Å². The van der Waals surface area contributed by atoms with Gasteiger partial charge in [0, 0.05) is 6.42 Å². The first-order valence-electron chi connectivity index (χ1n) is 7.53. The Balaban J connectivity index is 2.28. The van der Waals surface area contributed by atoms with Crippen LogP contribution in [0.15, 0.2) is 30.3 Å². The minimum Gasteiger partial charge on any atom is -0.309 e. The first-order chi connectivity index (χ1) is 10.1. The average molecular weight is 312 g/mol. The molecule has 21 heavy (non-hydrogen) atoms. The summed E-state index contributed by atoms with van der Waals surface area (Å²) in [7, 11) is -3.23. The van der Waals surface area contributed by atoms with Crippen LogP contribution in [0.3, 0.4) is 0 Å². The Morgan fingerprint density at radius 3 is 2.24 bits per heavy atom. The van der Waals surface area contributed by atoms with Gasteiger partial charge >= 0.3 is 7.60 Å². The maximum absolute atomic E-state index is 12.2. The van der Waals surface area contributed by atoms with Crippen molar-refractivity contribution < 1.29 is 18.4 Å². The molecule has 0 saturated heterocycles. The molecule has 0 radical (unpaired) electrons. The van der Waals surface area contributed by atoms with Crippen LogP contribution in [0.2, 0.25) is 0 Å². The van der Waals surface area contributed by atoms with E-state index in [1.165, 1.54) is 5.56 Å². The zero-order chi connectivity index (χ0) is 15.6. The summed E-state index contributed by atoms with van der Waals surface area (Å²) in [6.45, 7) is 4.07. The number of hydrogen-bond acceptors (Lipinski definition) is 4. The Bertz CT molecular complexity index is 449. The molecule has 0 atom stereocenters. The molecule has 0 unspecified atom stereocenters. The zero-order valence-electron chi connectivity index (χ0n) is 12.9. The molecule has 0 saturated carbocycles. The zero-order valence-corrected chi connectivity index (χ0v) is 13.8. The lowest BCUT2D eigenvalue weighted by Gasteiger charge is -2.16. The second-order valence-corrected chi connectivity index (χ2v) is 6.89.